The van der Waals surface area contributed by atoms with Crippen molar-refractivity contribution < 1.29 is 19.2 Å². The average molecular weight is 302 g/mol. The molecule has 0 fully saturated rings. The highest BCUT2D eigenvalue weighted by atomic mass is 16.6. The molecule has 1 aromatic rings. The van der Waals surface area contributed by atoms with Gasteiger partial charge in [0.1, 0.15) is 12.2 Å². The third-order valence-corrected chi connectivity index (χ3v) is 3.27. The lowest BCUT2D eigenvalue weighted by Crippen LogP contribution is -2.23. The summed E-state index contributed by atoms with van der Waals surface area (Å²) in [4.78, 5) is 22.0. The van der Waals surface area contributed by atoms with Crippen molar-refractivity contribution in [3.63, 3.8) is 0 Å². The monoisotopic (exact) mass is 302 g/mol. The van der Waals surface area contributed by atoms with Crippen molar-refractivity contribution in [2.75, 3.05) is 6.61 Å². The first-order chi connectivity index (χ1) is 10.5. The SMILES string of the molecule is CCOC(=O)[C@H]1C=C(C#N)O[C@@H](c2ccc([N+](=O)[O-])cc2)C1. The second-order valence-electron chi connectivity index (χ2n) is 4.69. The number of hydrogen-bond acceptors (Lipinski definition) is 6. The van der Waals surface area contributed by atoms with Gasteiger partial charge in [-0.2, -0.15) is 5.26 Å². The van der Waals surface area contributed by atoms with Gasteiger partial charge in [0.05, 0.1) is 17.4 Å². The molecule has 0 bridgehead atoms. The molecule has 0 radical (unpaired) electrons. The second-order valence-corrected chi connectivity index (χ2v) is 4.69. The van der Waals surface area contributed by atoms with Gasteiger partial charge in [-0.25, -0.2) is 0 Å². The molecular formula is C15H14N2O5. The van der Waals surface area contributed by atoms with E-state index in [0.29, 0.717) is 12.0 Å². The Morgan fingerprint density at radius 1 is 1.50 bits per heavy atom. The molecular weight excluding hydrogens is 288 g/mol. The summed E-state index contributed by atoms with van der Waals surface area (Å²) in [6.45, 7) is 1.97. The second kappa shape index (κ2) is 6.72. The van der Waals surface area contributed by atoms with E-state index in [1.165, 1.54) is 18.2 Å². The smallest absolute Gasteiger partial charge is 0.313 e. The summed E-state index contributed by atoms with van der Waals surface area (Å²) in [5.41, 5.74) is 0.637. The summed E-state index contributed by atoms with van der Waals surface area (Å²) in [6.07, 6.45) is 1.25. The lowest BCUT2D eigenvalue weighted by atomic mass is 9.93. The van der Waals surface area contributed by atoms with Crippen LogP contribution in [0.1, 0.15) is 25.0 Å². The molecule has 0 unspecified atom stereocenters. The van der Waals surface area contributed by atoms with Crippen LogP contribution in [0.25, 0.3) is 0 Å². The molecule has 2 rings (SSSR count). The van der Waals surface area contributed by atoms with Crippen molar-refractivity contribution in [2.24, 2.45) is 5.92 Å². The van der Waals surface area contributed by atoms with E-state index in [0.717, 1.165) is 0 Å². The Bertz CT molecular complexity index is 645. The van der Waals surface area contributed by atoms with Crippen molar-refractivity contribution in [3.8, 4) is 6.07 Å². The van der Waals surface area contributed by atoms with E-state index in [4.69, 9.17) is 14.7 Å². The minimum absolute atomic E-state index is 0.0300. The molecule has 7 nitrogen and oxygen atoms in total. The minimum atomic E-state index is -0.566. The van der Waals surface area contributed by atoms with E-state index in [2.05, 4.69) is 0 Å². The molecule has 0 N–H and O–H groups in total. The first-order valence-corrected chi connectivity index (χ1v) is 6.74. The van der Waals surface area contributed by atoms with Gasteiger partial charge in [-0.1, -0.05) is 0 Å². The number of rotatable bonds is 4. The van der Waals surface area contributed by atoms with Gasteiger partial charge in [-0.3, -0.25) is 14.9 Å². The van der Waals surface area contributed by atoms with E-state index in [1.807, 2.05) is 6.07 Å². The third-order valence-electron chi connectivity index (χ3n) is 3.27. The van der Waals surface area contributed by atoms with Gasteiger partial charge in [0.15, 0.2) is 5.76 Å². The molecule has 2 atom stereocenters. The summed E-state index contributed by atoms with van der Waals surface area (Å²) in [7, 11) is 0. The molecule has 1 aliphatic rings. The van der Waals surface area contributed by atoms with Crippen LogP contribution >= 0.6 is 0 Å². The van der Waals surface area contributed by atoms with Crippen LogP contribution in [0, 0.1) is 27.4 Å². The van der Waals surface area contributed by atoms with Crippen molar-refractivity contribution in [1.82, 2.24) is 0 Å². The van der Waals surface area contributed by atoms with Gasteiger partial charge in [-0.15, -0.1) is 0 Å². The highest BCUT2D eigenvalue weighted by Crippen LogP contribution is 2.34. The van der Waals surface area contributed by atoms with Crippen LogP contribution in [-0.4, -0.2) is 17.5 Å². The fourth-order valence-corrected chi connectivity index (χ4v) is 2.21. The normalized spacial score (nSPS) is 20.3. The van der Waals surface area contributed by atoms with Crippen molar-refractivity contribution in [1.29, 1.82) is 5.26 Å². The maximum atomic E-state index is 11.9. The van der Waals surface area contributed by atoms with Crippen molar-refractivity contribution in [2.45, 2.75) is 19.4 Å². The van der Waals surface area contributed by atoms with Crippen LogP contribution in [0.5, 0.6) is 0 Å². The zero-order valence-electron chi connectivity index (χ0n) is 11.9. The lowest BCUT2D eigenvalue weighted by molar-refractivity contribution is -0.384. The predicted octanol–water partition coefficient (Wildman–Crippen LogP) is 2.64. The summed E-state index contributed by atoms with van der Waals surface area (Å²) < 4.78 is 10.5. The fraction of sp³-hybridized carbons (Fsp3) is 0.333. The van der Waals surface area contributed by atoms with Crippen LogP contribution in [0.2, 0.25) is 0 Å². The number of nitro groups is 1. The molecule has 0 saturated carbocycles. The van der Waals surface area contributed by atoms with E-state index in [1.54, 1.807) is 19.1 Å². The maximum absolute atomic E-state index is 11.9. The largest absolute Gasteiger partial charge is 0.476 e. The van der Waals surface area contributed by atoms with E-state index >= 15 is 0 Å². The Kier molecular flexibility index (Phi) is 4.73. The average Bonchev–Trinajstić information content (AvgIpc) is 2.54. The first-order valence-electron chi connectivity index (χ1n) is 6.74. The number of nitrogens with zero attached hydrogens (tertiary/aromatic N) is 2. The Balaban J connectivity index is 2.21. The molecule has 0 saturated heterocycles. The molecule has 22 heavy (non-hydrogen) atoms. The number of hydrogen-bond donors (Lipinski definition) is 0. The van der Waals surface area contributed by atoms with Crippen LogP contribution in [-0.2, 0) is 14.3 Å². The molecule has 1 heterocycles. The van der Waals surface area contributed by atoms with Crippen molar-refractivity contribution in [3.05, 3.63) is 51.8 Å². The molecule has 1 aliphatic heterocycles. The van der Waals surface area contributed by atoms with Gasteiger partial charge in [0.25, 0.3) is 5.69 Å². The molecule has 0 amide bonds. The summed E-state index contributed by atoms with van der Waals surface area (Å²) in [5.74, 6) is -0.929. The molecule has 1 aromatic carbocycles. The number of carbonyl (C=O) groups is 1. The number of ether oxygens (including phenoxy) is 2. The Morgan fingerprint density at radius 2 is 2.18 bits per heavy atom. The van der Waals surface area contributed by atoms with Gasteiger partial charge < -0.3 is 9.47 Å². The number of nitro benzene ring substituents is 1. The van der Waals surface area contributed by atoms with Gasteiger partial charge >= 0.3 is 5.97 Å². The maximum Gasteiger partial charge on any atom is 0.313 e. The summed E-state index contributed by atoms with van der Waals surface area (Å²) >= 11 is 0. The van der Waals surface area contributed by atoms with Crippen LogP contribution in [0.15, 0.2) is 36.1 Å². The van der Waals surface area contributed by atoms with Crippen LogP contribution in [0.3, 0.4) is 0 Å². The summed E-state index contributed by atoms with van der Waals surface area (Å²) in [6, 6.07) is 7.73. The number of nitriles is 1. The Hall–Kier alpha value is -2.88. The number of benzene rings is 1. The zero-order valence-corrected chi connectivity index (χ0v) is 11.9. The Morgan fingerprint density at radius 3 is 2.73 bits per heavy atom. The molecule has 0 spiro atoms. The predicted molar refractivity (Wildman–Crippen MR) is 75.4 cm³/mol. The first kappa shape index (κ1) is 15.5. The molecule has 114 valence electrons. The number of allylic oxidation sites excluding steroid dienone is 1. The minimum Gasteiger partial charge on any atom is -0.476 e. The molecule has 0 aliphatic carbocycles. The number of carbonyl (C=O) groups excluding carboxylic acids is 1. The van der Waals surface area contributed by atoms with Crippen LogP contribution in [0.4, 0.5) is 5.69 Å². The highest BCUT2D eigenvalue weighted by molar-refractivity contribution is 5.75. The lowest BCUT2D eigenvalue weighted by Gasteiger charge is -2.26. The van der Waals surface area contributed by atoms with E-state index in [9.17, 15) is 14.9 Å². The Labute approximate surface area is 126 Å². The third kappa shape index (κ3) is 3.41. The van der Waals surface area contributed by atoms with E-state index < -0.39 is 22.9 Å². The van der Waals surface area contributed by atoms with Gasteiger partial charge in [0.2, 0.25) is 0 Å². The fourth-order valence-electron chi connectivity index (χ4n) is 2.21. The topological polar surface area (TPSA) is 102 Å². The van der Waals surface area contributed by atoms with Crippen molar-refractivity contribution >= 4 is 11.7 Å². The molecule has 0 aromatic heterocycles. The molecule has 7 heteroatoms. The highest BCUT2D eigenvalue weighted by Gasteiger charge is 2.30. The summed E-state index contributed by atoms with van der Waals surface area (Å²) in [5, 5.41) is 19.7. The quantitative estimate of drug-likeness (QED) is 0.481. The standard InChI is InChI=1S/C15H14N2O5/c1-2-21-15(18)11-7-13(9-16)22-14(8-11)10-3-5-12(6-4-10)17(19)20/h3-7,11,14H,2,8H2,1H3/t11-,14+/m0/s1. The van der Waals surface area contributed by atoms with Gasteiger partial charge in [-0.05, 0) is 30.7 Å². The van der Waals surface area contributed by atoms with Crippen LogP contribution < -0.4 is 0 Å². The van der Waals surface area contributed by atoms with Gasteiger partial charge in [0, 0.05) is 18.6 Å². The zero-order chi connectivity index (χ0) is 16.1. The number of non-ortho nitro benzene ring substituents is 1. The number of esters is 1. The van der Waals surface area contributed by atoms with E-state index in [-0.39, 0.29) is 18.1 Å².